The molecule has 0 saturated heterocycles. The summed E-state index contributed by atoms with van der Waals surface area (Å²) in [6, 6.07) is 0. The van der Waals surface area contributed by atoms with Gasteiger partial charge in [-0.2, -0.15) is 5.10 Å². The molecule has 0 bridgehead atoms. The second-order valence-corrected chi connectivity index (χ2v) is 3.48. The molecule has 0 rings (SSSR count). The van der Waals surface area contributed by atoms with Crippen molar-refractivity contribution < 1.29 is 23.5 Å². The van der Waals surface area contributed by atoms with Crippen LogP contribution >= 0.6 is 7.75 Å². The molecule has 0 aromatic rings. The summed E-state index contributed by atoms with van der Waals surface area (Å²) in [6.07, 6.45) is 0.532. The summed E-state index contributed by atoms with van der Waals surface area (Å²) in [7, 11) is -1.16. The Kier molecular flexibility index (Phi) is 4.50. The van der Waals surface area contributed by atoms with Gasteiger partial charge in [0.15, 0.2) is 0 Å². The van der Waals surface area contributed by atoms with E-state index in [9.17, 15) is 9.36 Å². The Bertz CT molecular complexity index is 219. The Hall–Kier alpha value is -0.910. The van der Waals surface area contributed by atoms with Crippen LogP contribution in [0.15, 0.2) is 5.10 Å². The maximum absolute atomic E-state index is 11.1. The number of hydrogen-bond acceptors (Lipinski definition) is 5. The fourth-order valence-electron chi connectivity index (χ4n) is 0.311. The number of carboxylic acids is 1. The number of aliphatic carboxylic acids is 1. The number of carboxylic acid groups (broad SMARTS) is 1. The van der Waals surface area contributed by atoms with Crippen LogP contribution in [0, 0.1) is 0 Å². The molecule has 8 heteroatoms. The molecule has 0 atom stereocenters. The fraction of sp³-hybridized carbons (Fsp3) is 0.500. The highest BCUT2D eigenvalue weighted by Crippen LogP contribution is 2.40. The second-order valence-electron chi connectivity index (χ2n) is 1.56. The first-order valence-corrected chi connectivity index (χ1v) is 4.33. The number of rotatable bonds is 5. The van der Waals surface area contributed by atoms with Gasteiger partial charge in [-0.15, -0.1) is 0 Å². The van der Waals surface area contributed by atoms with Crippen molar-refractivity contribution in [1.29, 1.82) is 0 Å². The minimum atomic E-state index is -3.45. The zero-order chi connectivity index (χ0) is 9.61. The Morgan fingerprint density at radius 3 is 2.42 bits per heavy atom. The molecule has 12 heavy (non-hydrogen) atoms. The third-order valence-electron chi connectivity index (χ3n) is 0.836. The molecule has 2 N–H and O–H groups in total. The van der Waals surface area contributed by atoms with Crippen LogP contribution in [0.1, 0.15) is 0 Å². The summed E-state index contributed by atoms with van der Waals surface area (Å²) in [5, 5.41) is 13.1. The lowest BCUT2D eigenvalue weighted by Crippen LogP contribution is -2.08. The predicted molar refractivity (Wildman–Crippen MR) is 40.9 cm³/mol. The molecule has 0 fully saturated rings. The van der Waals surface area contributed by atoms with Crippen molar-refractivity contribution in [3.05, 3.63) is 0 Å². The normalized spacial score (nSPS) is 11.8. The minimum absolute atomic E-state index is 0.532. The summed E-state index contributed by atoms with van der Waals surface area (Å²) >= 11 is 0. The standard InChI is InChI=1S/C4H9N2O5P/c1-10-12(9,11-2)6-5-3-4(7)8/h3H,1-2H3,(H,6,9)(H,7,8)/b5-3+. The molecule has 0 unspecified atom stereocenters. The molecule has 0 aliphatic heterocycles. The summed E-state index contributed by atoms with van der Waals surface area (Å²) in [6.45, 7) is 0. The fourth-order valence-corrected chi connectivity index (χ4v) is 0.823. The molecule has 7 nitrogen and oxygen atoms in total. The summed E-state index contributed by atoms with van der Waals surface area (Å²) < 4.78 is 19.8. The summed E-state index contributed by atoms with van der Waals surface area (Å²) in [5.41, 5.74) is 0. The number of hydrazone groups is 1. The van der Waals surface area contributed by atoms with Crippen LogP contribution in [0.25, 0.3) is 0 Å². The van der Waals surface area contributed by atoms with Crippen molar-refractivity contribution in [3.63, 3.8) is 0 Å². The van der Waals surface area contributed by atoms with Gasteiger partial charge >= 0.3 is 13.7 Å². The average molecular weight is 196 g/mol. The molecule has 0 aromatic carbocycles. The molecule has 0 heterocycles. The van der Waals surface area contributed by atoms with Crippen LogP contribution in [0.2, 0.25) is 0 Å². The first kappa shape index (κ1) is 11.1. The van der Waals surface area contributed by atoms with Gasteiger partial charge in [0.2, 0.25) is 0 Å². The molecular formula is C4H9N2O5P. The summed E-state index contributed by atoms with van der Waals surface area (Å²) in [4.78, 5) is 9.90. The van der Waals surface area contributed by atoms with E-state index >= 15 is 0 Å². The smallest absolute Gasteiger partial charge is 0.447 e. The van der Waals surface area contributed by atoms with Crippen LogP contribution in [0.4, 0.5) is 0 Å². The van der Waals surface area contributed by atoms with E-state index in [1.54, 1.807) is 0 Å². The Labute approximate surface area is 69.0 Å². The van der Waals surface area contributed by atoms with Crippen molar-refractivity contribution in [2.45, 2.75) is 0 Å². The molecule has 0 amide bonds. The van der Waals surface area contributed by atoms with Gasteiger partial charge in [-0.1, -0.05) is 0 Å². The minimum Gasteiger partial charge on any atom is -0.477 e. The van der Waals surface area contributed by atoms with Crippen LogP contribution in [0.5, 0.6) is 0 Å². The molecule has 0 aliphatic rings. The molecule has 0 aromatic heterocycles. The van der Waals surface area contributed by atoms with E-state index < -0.39 is 13.7 Å². The van der Waals surface area contributed by atoms with E-state index in [0.29, 0.717) is 6.21 Å². The Morgan fingerprint density at radius 1 is 1.58 bits per heavy atom. The largest absolute Gasteiger partial charge is 0.477 e. The van der Waals surface area contributed by atoms with Crippen LogP contribution in [-0.4, -0.2) is 31.5 Å². The van der Waals surface area contributed by atoms with Crippen LogP contribution in [0.3, 0.4) is 0 Å². The zero-order valence-electron chi connectivity index (χ0n) is 6.55. The lowest BCUT2D eigenvalue weighted by molar-refractivity contribution is -0.128. The van der Waals surface area contributed by atoms with Gasteiger partial charge in [0, 0.05) is 14.2 Å². The van der Waals surface area contributed by atoms with Crippen molar-refractivity contribution in [2.24, 2.45) is 5.10 Å². The van der Waals surface area contributed by atoms with E-state index in [1.807, 2.05) is 5.20 Å². The topological polar surface area (TPSA) is 97.2 Å². The van der Waals surface area contributed by atoms with Gasteiger partial charge in [0.05, 0.1) is 0 Å². The first-order valence-electron chi connectivity index (χ1n) is 2.79. The van der Waals surface area contributed by atoms with Crippen molar-refractivity contribution in [3.8, 4) is 0 Å². The summed E-state index contributed by atoms with van der Waals surface area (Å²) in [5.74, 6) is -1.26. The third kappa shape index (κ3) is 4.07. The highest BCUT2D eigenvalue weighted by Gasteiger charge is 2.19. The lowest BCUT2D eigenvalue weighted by Gasteiger charge is -2.10. The van der Waals surface area contributed by atoms with E-state index in [4.69, 9.17) is 5.11 Å². The number of nitrogens with one attached hydrogen (secondary N) is 1. The Balaban J connectivity index is 4.06. The van der Waals surface area contributed by atoms with E-state index in [-0.39, 0.29) is 0 Å². The molecule has 0 aliphatic carbocycles. The third-order valence-corrected chi connectivity index (χ3v) is 2.16. The van der Waals surface area contributed by atoms with E-state index in [2.05, 4.69) is 14.1 Å². The maximum atomic E-state index is 11.1. The quantitative estimate of drug-likeness (QED) is 0.366. The second kappa shape index (κ2) is 4.87. The van der Waals surface area contributed by atoms with Crippen LogP contribution < -0.4 is 5.20 Å². The number of hydrogen-bond donors (Lipinski definition) is 2. The van der Waals surface area contributed by atoms with E-state index in [1.165, 1.54) is 0 Å². The van der Waals surface area contributed by atoms with E-state index in [0.717, 1.165) is 14.2 Å². The number of nitrogens with zero attached hydrogens (tertiary/aromatic N) is 1. The van der Waals surface area contributed by atoms with Gasteiger partial charge in [-0.3, -0.25) is 9.05 Å². The molecule has 70 valence electrons. The highest BCUT2D eigenvalue weighted by atomic mass is 31.2. The van der Waals surface area contributed by atoms with Crippen molar-refractivity contribution in [1.82, 2.24) is 5.20 Å². The zero-order valence-corrected chi connectivity index (χ0v) is 7.45. The van der Waals surface area contributed by atoms with Gasteiger partial charge in [-0.25, -0.2) is 14.6 Å². The highest BCUT2D eigenvalue weighted by molar-refractivity contribution is 7.51. The van der Waals surface area contributed by atoms with Gasteiger partial charge in [-0.05, 0) is 0 Å². The van der Waals surface area contributed by atoms with Crippen molar-refractivity contribution in [2.75, 3.05) is 14.2 Å². The number of carbonyl (C=O) groups is 1. The van der Waals surface area contributed by atoms with Gasteiger partial charge < -0.3 is 5.11 Å². The molecule has 0 spiro atoms. The predicted octanol–water partition coefficient (Wildman–Crippen LogP) is 0.0473. The van der Waals surface area contributed by atoms with Gasteiger partial charge in [0.1, 0.15) is 6.21 Å². The molecule has 0 radical (unpaired) electrons. The Morgan fingerprint density at radius 2 is 2.08 bits per heavy atom. The first-order chi connectivity index (χ1) is 5.54. The van der Waals surface area contributed by atoms with Gasteiger partial charge in [0.25, 0.3) is 0 Å². The van der Waals surface area contributed by atoms with Crippen molar-refractivity contribution >= 4 is 19.9 Å². The maximum Gasteiger partial charge on any atom is 0.447 e. The molecular weight excluding hydrogens is 187 g/mol. The van der Waals surface area contributed by atoms with Crippen LogP contribution in [-0.2, 0) is 18.4 Å². The SMILES string of the molecule is COP(=O)(N/N=C/C(=O)O)OC. The average Bonchev–Trinajstić information content (AvgIpc) is 2.03. The monoisotopic (exact) mass is 196 g/mol. The molecule has 0 saturated carbocycles. The lowest BCUT2D eigenvalue weighted by atomic mass is 10.8.